The molecule has 0 bridgehead atoms. The maximum absolute atomic E-state index is 8.31. The molecule has 50 valence electrons. The average molecular weight is 140 g/mol. The van der Waals surface area contributed by atoms with Crippen molar-refractivity contribution in [2.45, 2.75) is 19.6 Å². The van der Waals surface area contributed by atoms with Crippen molar-refractivity contribution in [3.05, 3.63) is 12.3 Å². The van der Waals surface area contributed by atoms with Gasteiger partial charge in [0.25, 0.3) is 0 Å². The second-order valence-electron chi connectivity index (χ2n) is 2.97. The monoisotopic (exact) mass is 140 g/mol. The van der Waals surface area contributed by atoms with Crippen LogP contribution < -0.4 is 4.98 Å². The molecule has 3 heteroatoms. The van der Waals surface area contributed by atoms with Gasteiger partial charge in [-0.2, -0.15) is 5.26 Å². The van der Waals surface area contributed by atoms with E-state index in [-0.39, 0.29) is 0 Å². The number of nitrogens with one attached hydrogen (secondary N) is 1. The Bertz CT molecular complexity index is 149. The molecule has 0 spiro atoms. The topological polar surface area (TPSA) is 35.8 Å². The Morgan fingerprint density at radius 1 is 1.56 bits per heavy atom. The van der Waals surface area contributed by atoms with Crippen LogP contribution in [0.2, 0.25) is 19.6 Å². The SMILES string of the molecule is C=C(C#N)N[Si](C)(C)C. The average Bonchev–Trinajstić information content (AvgIpc) is 1.62. The Hall–Kier alpha value is -0.753. The lowest BCUT2D eigenvalue weighted by Crippen LogP contribution is -2.39. The van der Waals surface area contributed by atoms with E-state index in [1.54, 1.807) is 0 Å². The summed E-state index contributed by atoms with van der Waals surface area (Å²) >= 11 is 0. The van der Waals surface area contributed by atoms with Gasteiger partial charge >= 0.3 is 0 Å². The summed E-state index contributed by atoms with van der Waals surface area (Å²) in [6, 6.07) is 1.95. The summed E-state index contributed by atoms with van der Waals surface area (Å²) in [4.78, 5) is 3.05. The van der Waals surface area contributed by atoms with Gasteiger partial charge in [-0.1, -0.05) is 26.2 Å². The first-order valence-corrected chi connectivity index (χ1v) is 6.33. The molecule has 0 aromatic rings. The fraction of sp³-hybridized carbons (Fsp3) is 0.500. The number of hydrogen-bond acceptors (Lipinski definition) is 2. The molecular weight excluding hydrogens is 128 g/mol. The van der Waals surface area contributed by atoms with Crippen molar-refractivity contribution in [1.82, 2.24) is 4.98 Å². The third kappa shape index (κ3) is 5.11. The Balaban J connectivity index is 3.78. The highest BCUT2D eigenvalue weighted by Gasteiger charge is 2.12. The van der Waals surface area contributed by atoms with E-state index in [0.29, 0.717) is 5.70 Å². The van der Waals surface area contributed by atoms with E-state index in [9.17, 15) is 0 Å². The zero-order chi connectivity index (χ0) is 7.49. The first kappa shape index (κ1) is 8.25. The first-order chi connectivity index (χ1) is 3.95. The lowest BCUT2D eigenvalue weighted by atomic mass is 10.6. The molecular formula is C6H12N2Si. The van der Waals surface area contributed by atoms with E-state index in [1.165, 1.54) is 0 Å². The highest BCUT2D eigenvalue weighted by atomic mass is 28.3. The van der Waals surface area contributed by atoms with Crippen LogP contribution in [0.15, 0.2) is 12.3 Å². The largest absolute Gasteiger partial charge is 0.403 e. The van der Waals surface area contributed by atoms with Gasteiger partial charge in [0.1, 0.15) is 14.3 Å². The van der Waals surface area contributed by atoms with E-state index in [4.69, 9.17) is 5.26 Å². The molecule has 0 amide bonds. The Morgan fingerprint density at radius 2 is 2.00 bits per heavy atom. The minimum absolute atomic E-state index is 0.481. The summed E-state index contributed by atoms with van der Waals surface area (Å²) in [5.74, 6) is 0. The molecule has 0 aliphatic carbocycles. The molecule has 0 rings (SSSR count). The normalized spacial score (nSPS) is 10.0. The second kappa shape index (κ2) is 2.69. The zero-order valence-electron chi connectivity index (χ0n) is 6.15. The molecule has 0 saturated heterocycles. The summed E-state index contributed by atoms with van der Waals surface area (Å²) in [5, 5.41) is 8.31. The van der Waals surface area contributed by atoms with Crippen molar-refractivity contribution < 1.29 is 0 Å². The molecule has 0 aliphatic rings. The zero-order valence-corrected chi connectivity index (χ0v) is 7.15. The van der Waals surface area contributed by atoms with Crippen molar-refractivity contribution in [3.8, 4) is 6.07 Å². The van der Waals surface area contributed by atoms with E-state index in [2.05, 4.69) is 31.2 Å². The van der Waals surface area contributed by atoms with Crippen molar-refractivity contribution >= 4 is 8.24 Å². The van der Waals surface area contributed by atoms with Crippen molar-refractivity contribution in [2.75, 3.05) is 0 Å². The van der Waals surface area contributed by atoms with Crippen LogP contribution in [0.25, 0.3) is 0 Å². The lowest BCUT2D eigenvalue weighted by molar-refractivity contribution is 1.18. The molecule has 0 atom stereocenters. The minimum atomic E-state index is -1.31. The molecule has 0 unspecified atom stereocenters. The summed E-state index contributed by atoms with van der Waals surface area (Å²) in [6.07, 6.45) is 0. The molecule has 0 aliphatic heterocycles. The highest BCUT2D eigenvalue weighted by molar-refractivity contribution is 6.74. The van der Waals surface area contributed by atoms with E-state index in [1.807, 2.05) is 6.07 Å². The van der Waals surface area contributed by atoms with Gasteiger partial charge in [0.05, 0.1) is 5.70 Å². The lowest BCUT2D eigenvalue weighted by Gasteiger charge is -2.17. The van der Waals surface area contributed by atoms with Gasteiger partial charge in [-0.25, -0.2) is 0 Å². The van der Waals surface area contributed by atoms with E-state index in [0.717, 1.165) is 0 Å². The second-order valence-corrected chi connectivity index (χ2v) is 7.72. The smallest absolute Gasteiger partial charge is 0.145 e. The van der Waals surface area contributed by atoms with E-state index >= 15 is 0 Å². The van der Waals surface area contributed by atoms with Gasteiger partial charge in [0.2, 0.25) is 0 Å². The van der Waals surface area contributed by atoms with Crippen LogP contribution >= 0.6 is 0 Å². The van der Waals surface area contributed by atoms with E-state index < -0.39 is 8.24 Å². The fourth-order valence-electron chi connectivity index (χ4n) is 0.481. The van der Waals surface area contributed by atoms with Crippen LogP contribution in [-0.4, -0.2) is 8.24 Å². The van der Waals surface area contributed by atoms with Gasteiger partial charge < -0.3 is 4.98 Å². The summed E-state index contributed by atoms with van der Waals surface area (Å²) in [5.41, 5.74) is 0.481. The van der Waals surface area contributed by atoms with Gasteiger partial charge in [-0.15, -0.1) is 0 Å². The van der Waals surface area contributed by atoms with Crippen LogP contribution in [0.4, 0.5) is 0 Å². The van der Waals surface area contributed by atoms with Crippen LogP contribution in [0.3, 0.4) is 0 Å². The molecule has 9 heavy (non-hydrogen) atoms. The molecule has 2 nitrogen and oxygen atoms in total. The molecule has 0 fully saturated rings. The minimum Gasteiger partial charge on any atom is -0.403 e. The number of hydrogen-bond donors (Lipinski definition) is 1. The van der Waals surface area contributed by atoms with Gasteiger partial charge in [-0.3, -0.25) is 0 Å². The quantitative estimate of drug-likeness (QED) is 0.465. The Labute approximate surface area is 57.3 Å². The number of nitriles is 1. The predicted molar refractivity (Wildman–Crippen MR) is 41.2 cm³/mol. The Kier molecular flexibility index (Phi) is 2.47. The fourth-order valence-corrected chi connectivity index (χ4v) is 1.44. The maximum Gasteiger partial charge on any atom is 0.145 e. The number of allylic oxidation sites excluding steroid dienone is 1. The molecule has 0 heterocycles. The van der Waals surface area contributed by atoms with Gasteiger partial charge in [0.15, 0.2) is 0 Å². The predicted octanol–water partition coefficient (Wildman–Crippen LogP) is 1.45. The number of rotatable bonds is 2. The highest BCUT2D eigenvalue weighted by Crippen LogP contribution is 1.96. The van der Waals surface area contributed by atoms with Crippen molar-refractivity contribution in [2.24, 2.45) is 0 Å². The number of nitrogens with zero attached hydrogens (tertiary/aromatic N) is 1. The summed E-state index contributed by atoms with van der Waals surface area (Å²) in [7, 11) is -1.31. The summed E-state index contributed by atoms with van der Waals surface area (Å²) in [6.45, 7) is 9.88. The van der Waals surface area contributed by atoms with Crippen LogP contribution in [0.5, 0.6) is 0 Å². The van der Waals surface area contributed by atoms with Crippen LogP contribution in [0.1, 0.15) is 0 Å². The third-order valence-electron chi connectivity index (χ3n) is 0.661. The molecule has 0 aromatic heterocycles. The molecule has 0 radical (unpaired) electrons. The van der Waals surface area contributed by atoms with Gasteiger partial charge in [0, 0.05) is 0 Å². The molecule has 0 aromatic carbocycles. The van der Waals surface area contributed by atoms with Crippen molar-refractivity contribution in [1.29, 1.82) is 5.26 Å². The first-order valence-electron chi connectivity index (χ1n) is 2.83. The standard InChI is InChI=1S/C6H12N2Si/c1-6(5-7)8-9(2,3)4/h8H,1H2,2-4H3. The molecule has 0 saturated carbocycles. The van der Waals surface area contributed by atoms with Crippen LogP contribution in [0, 0.1) is 11.3 Å². The maximum atomic E-state index is 8.31. The van der Waals surface area contributed by atoms with Crippen molar-refractivity contribution in [3.63, 3.8) is 0 Å². The molecule has 1 N–H and O–H groups in total. The van der Waals surface area contributed by atoms with Crippen LogP contribution in [-0.2, 0) is 0 Å². The Morgan fingerprint density at radius 3 is 2.11 bits per heavy atom. The third-order valence-corrected chi connectivity index (χ3v) is 1.71. The van der Waals surface area contributed by atoms with Gasteiger partial charge in [-0.05, 0) is 0 Å². The summed E-state index contributed by atoms with van der Waals surface area (Å²) < 4.78 is 0.